The molecule has 3 heterocycles. The van der Waals surface area contributed by atoms with Gasteiger partial charge in [0, 0.05) is 0 Å². The molecule has 0 unspecified atom stereocenters. The molecule has 0 saturated carbocycles. The molecule has 2 aromatic rings. The van der Waals surface area contributed by atoms with E-state index in [1.165, 1.54) is 18.3 Å². The first-order valence-corrected chi connectivity index (χ1v) is 13.7. The number of rotatable bonds is 2. The number of benzene rings is 2. The van der Waals surface area contributed by atoms with Crippen LogP contribution in [0.25, 0.3) is 9.41 Å². The summed E-state index contributed by atoms with van der Waals surface area (Å²) < 4.78 is 17.8. The molecule has 3 aliphatic rings. The Labute approximate surface area is 155 Å². The van der Waals surface area contributed by atoms with Crippen LogP contribution in [0.3, 0.4) is 0 Å². The van der Waals surface area contributed by atoms with Crippen molar-refractivity contribution in [1.82, 2.24) is 5.32 Å². The minimum absolute atomic E-state index is 0.192. The van der Waals surface area contributed by atoms with Gasteiger partial charge in [-0.1, -0.05) is 0 Å². The first-order chi connectivity index (χ1) is 12.1. The average molecular weight is 451 g/mol. The minimum atomic E-state index is -2.64. The van der Waals surface area contributed by atoms with Gasteiger partial charge in [0.1, 0.15) is 0 Å². The summed E-state index contributed by atoms with van der Waals surface area (Å²) >= 11 is -1.63. The number of amides is 2. The van der Waals surface area contributed by atoms with Crippen LogP contribution >= 0.6 is 11.8 Å². The van der Waals surface area contributed by atoms with Gasteiger partial charge in [-0.3, -0.25) is 0 Å². The Balaban J connectivity index is 1.63. The van der Waals surface area contributed by atoms with Crippen LogP contribution < -0.4 is 8.64 Å². The number of hydrogen-bond acceptors (Lipinski definition) is 3. The van der Waals surface area contributed by atoms with E-state index in [1.54, 1.807) is 6.07 Å². The van der Waals surface area contributed by atoms with E-state index in [0.717, 1.165) is 20.7 Å². The van der Waals surface area contributed by atoms with Crippen molar-refractivity contribution in [2.45, 2.75) is 6.42 Å². The average Bonchev–Trinajstić information content (AvgIpc) is 3.15. The molecule has 4 bridgehead atoms. The molecule has 0 aromatic heterocycles. The standard InChI is InChI=1S/C19H11FNO2S.In/c20-16-11-4-3-7-14(16)10-5-9-13-6-1-2-8-15(13)12-17-18(22)21-19(23)24-17;/h1-4,7-9,11H,10H2,(H,21,22,23);. The normalized spacial score (nSPS) is 20.4. The first kappa shape index (κ1) is 15.5. The van der Waals surface area contributed by atoms with Gasteiger partial charge < -0.3 is 0 Å². The van der Waals surface area contributed by atoms with Gasteiger partial charge in [-0.25, -0.2) is 0 Å². The van der Waals surface area contributed by atoms with E-state index in [1.807, 2.05) is 24.3 Å². The Morgan fingerprint density at radius 1 is 1.08 bits per heavy atom. The van der Waals surface area contributed by atoms with Crippen LogP contribution in [0.1, 0.15) is 16.7 Å². The molecule has 1 fully saturated rings. The van der Waals surface area contributed by atoms with E-state index >= 15 is 0 Å². The van der Waals surface area contributed by atoms with Crippen molar-refractivity contribution in [3.8, 4) is 0 Å². The molecule has 5 rings (SSSR count). The van der Waals surface area contributed by atoms with E-state index in [-0.39, 0.29) is 17.0 Å². The number of allylic oxidation sites excluding steroid dienone is 1. The number of hydrogen-bond donors (Lipinski definition) is 1. The van der Waals surface area contributed by atoms with Crippen molar-refractivity contribution in [3.63, 3.8) is 0 Å². The molecule has 0 spiro atoms. The summed E-state index contributed by atoms with van der Waals surface area (Å²) in [5, 5.41) is 2.07. The van der Waals surface area contributed by atoms with Gasteiger partial charge in [0.25, 0.3) is 0 Å². The molecule has 3 nitrogen and oxygen atoms in total. The molecule has 25 heavy (non-hydrogen) atoms. The van der Waals surface area contributed by atoms with Crippen molar-refractivity contribution in [3.05, 3.63) is 73.2 Å². The summed E-state index contributed by atoms with van der Waals surface area (Å²) in [5.74, 6) is -0.477. The molecule has 2 aromatic carbocycles. The Kier molecular flexibility index (Phi) is 3.47. The Bertz CT molecular complexity index is 1040. The van der Waals surface area contributed by atoms with E-state index in [9.17, 15) is 14.0 Å². The molecule has 2 amide bonds. The van der Waals surface area contributed by atoms with Gasteiger partial charge in [-0.2, -0.15) is 0 Å². The molecule has 1 N–H and O–H groups in total. The van der Waals surface area contributed by atoms with E-state index < -0.39 is 21.4 Å². The number of imide groups is 1. The summed E-state index contributed by atoms with van der Waals surface area (Å²) in [6.45, 7) is 0. The van der Waals surface area contributed by atoms with E-state index in [4.69, 9.17) is 0 Å². The van der Waals surface area contributed by atoms with Gasteiger partial charge in [0.2, 0.25) is 0 Å². The van der Waals surface area contributed by atoms with Crippen LogP contribution in [0.5, 0.6) is 0 Å². The van der Waals surface area contributed by atoms with Crippen molar-refractivity contribution >= 4 is 57.1 Å². The molecule has 120 valence electrons. The predicted molar refractivity (Wildman–Crippen MR) is 98.0 cm³/mol. The van der Waals surface area contributed by atoms with E-state index in [2.05, 4.69) is 17.5 Å². The molecule has 1 saturated heterocycles. The zero-order chi connectivity index (χ0) is 17.1. The summed E-state index contributed by atoms with van der Waals surface area (Å²) in [6.07, 6.45) is 2.78. The maximum absolute atomic E-state index is 14.1. The van der Waals surface area contributed by atoms with Gasteiger partial charge in [0.15, 0.2) is 0 Å². The fraction of sp³-hybridized carbons (Fsp3) is 0.0526. The zero-order valence-corrected chi connectivity index (χ0v) is 17.1. The summed E-state index contributed by atoms with van der Waals surface area (Å²) in [7, 11) is 0. The number of thioether (sulfide) groups is 1. The van der Waals surface area contributed by atoms with Crippen LogP contribution in [-0.4, -0.2) is 32.6 Å². The van der Waals surface area contributed by atoms with E-state index in [0.29, 0.717) is 16.9 Å². The predicted octanol–water partition coefficient (Wildman–Crippen LogP) is 2.95. The monoisotopic (exact) mass is 451 g/mol. The fourth-order valence-electron chi connectivity index (χ4n) is 3.96. The molecule has 0 aliphatic carbocycles. The molecule has 0 radical (unpaired) electrons. The second kappa shape index (κ2) is 5.61. The zero-order valence-electron chi connectivity index (χ0n) is 13.0. The second-order valence-electron chi connectivity index (χ2n) is 6.32. The summed E-state index contributed by atoms with van der Waals surface area (Å²) in [4.78, 5) is 24.4. The van der Waals surface area contributed by atoms with Crippen molar-refractivity contribution in [1.29, 1.82) is 0 Å². The summed E-state index contributed by atoms with van der Waals surface area (Å²) in [6, 6.07) is 13.0. The van der Waals surface area contributed by atoms with Crippen molar-refractivity contribution in [2.24, 2.45) is 0 Å². The van der Waals surface area contributed by atoms with Crippen molar-refractivity contribution in [2.75, 3.05) is 0 Å². The van der Waals surface area contributed by atoms with Crippen molar-refractivity contribution < 1.29 is 14.0 Å². The number of carbonyl (C=O) groups is 2. The maximum atomic E-state index is 14.1. The number of nitrogens with one attached hydrogen (secondary N) is 1. The fourth-order valence-corrected chi connectivity index (χ4v) is 16.4. The molecular weight excluding hydrogens is 440 g/mol. The van der Waals surface area contributed by atoms with Gasteiger partial charge in [0.05, 0.1) is 0 Å². The SMILES string of the molecule is O=C1NC(=O)/C(=[C]2\c3ccc[c]4c3C=[C](Cc3ccccc3F)[In]24)S1. The van der Waals surface area contributed by atoms with Gasteiger partial charge in [-0.15, -0.1) is 0 Å². The second-order valence-corrected chi connectivity index (χ2v) is 15.3. The Hall–Kier alpha value is -1.79. The Morgan fingerprint density at radius 2 is 1.92 bits per heavy atom. The topological polar surface area (TPSA) is 46.2 Å². The van der Waals surface area contributed by atoms with Crippen LogP contribution in [0.2, 0.25) is 0 Å². The van der Waals surface area contributed by atoms with Crippen LogP contribution in [0.4, 0.5) is 9.18 Å². The first-order valence-electron chi connectivity index (χ1n) is 7.98. The molecule has 3 aliphatic heterocycles. The third-order valence-electron chi connectivity index (χ3n) is 4.94. The number of carbonyl (C=O) groups excluding carboxylic acids is 2. The number of halogens is 1. The quantitative estimate of drug-likeness (QED) is 0.715. The molecule has 6 heteroatoms. The van der Waals surface area contributed by atoms with Gasteiger partial charge in [-0.05, 0) is 0 Å². The van der Waals surface area contributed by atoms with Crippen LogP contribution in [0, 0.1) is 5.82 Å². The molecule has 0 atom stereocenters. The third-order valence-corrected chi connectivity index (χ3v) is 16.2. The molecular formula is C19H11FInNO2S. The van der Waals surface area contributed by atoms with Gasteiger partial charge >= 0.3 is 156 Å². The third kappa shape index (κ3) is 2.27. The van der Waals surface area contributed by atoms with Crippen LogP contribution in [0.15, 0.2) is 50.7 Å². The summed E-state index contributed by atoms with van der Waals surface area (Å²) in [5.41, 5.74) is 2.98. The Morgan fingerprint density at radius 3 is 2.64 bits per heavy atom. The van der Waals surface area contributed by atoms with Crippen LogP contribution in [-0.2, 0) is 11.2 Å².